The maximum atomic E-state index is 3.27. The SMILES string of the molecule is CNC1CN(C)CCN1C. The smallest absolute Gasteiger partial charge is 0.0723 e. The van der Waals surface area contributed by atoms with Crippen LogP contribution in [0.1, 0.15) is 0 Å². The number of nitrogens with one attached hydrogen (secondary N) is 1. The highest BCUT2D eigenvalue weighted by molar-refractivity contribution is 4.74. The van der Waals surface area contributed by atoms with E-state index < -0.39 is 0 Å². The zero-order chi connectivity index (χ0) is 7.56. The van der Waals surface area contributed by atoms with Crippen molar-refractivity contribution < 1.29 is 0 Å². The first-order chi connectivity index (χ1) is 4.74. The van der Waals surface area contributed by atoms with Gasteiger partial charge in [0.1, 0.15) is 0 Å². The van der Waals surface area contributed by atoms with Gasteiger partial charge in [-0.15, -0.1) is 0 Å². The van der Waals surface area contributed by atoms with E-state index in [1.165, 1.54) is 13.1 Å². The zero-order valence-electron chi connectivity index (χ0n) is 7.09. The van der Waals surface area contributed by atoms with E-state index >= 15 is 0 Å². The van der Waals surface area contributed by atoms with Crippen LogP contribution in [-0.4, -0.2) is 56.7 Å². The topological polar surface area (TPSA) is 18.5 Å². The summed E-state index contributed by atoms with van der Waals surface area (Å²) in [5.41, 5.74) is 0. The molecule has 0 aliphatic carbocycles. The first-order valence-electron chi connectivity index (χ1n) is 3.80. The third kappa shape index (κ3) is 1.68. The Morgan fingerprint density at radius 3 is 2.50 bits per heavy atom. The largest absolute Gasteiger partial charge is 0.304 e. The number of hydrogen-bond acceptors (Lipinski definition) is 3. The van der Waals surface area contributed by atoms with Crippen LogP contribution in [0.2, 0.25) is 0 Å². The number of hydrogen-bond donors (Lipinski definition) is 1. The van der Waals surface area contributed by atoms with E-state index in [1.54, 1.807) is 0 Å². The molecule has 0 radical (unpaired) electrons. The Morgan fingerprint density at radius 2 is 2.00 bits per heavy atom. The fourth-order valence-corrected chi connectivity index (χ4v) is 1.32. The van der Waals surface area contributed by atoms with Gasteiger partial charge in [0.05, 0.1) is 6.17 Å². The molecule has 0 aromatic rings. The van der Waals surface area contributed by atoms with E-state index in [9.17, 15) is 0 Å². The van der Waals surface area contributed by atoms with Crippen molar-refractivity contribution in [2.75, 3.05) is 40.8 Å². The lowest BCUT2D eigenvalue weighted by atomic mass is 10.3. The van der Waals surface area contributed by atoms with Crippen LogP contribution in [0.4, 0.5) is 0 Å². The Morgan fingerprint density at radius 1 is 1.30 bits per heavy atom. The molecule has 0 aromatic heterocycles. The molecule has 1 aliphatic rings. The second kappa shape index (κ2) is 3.32. The number of likely N-dealkylation sites (N-methyl/N-ethyl adjacent to an activating group) is 3. The highest BCUT2D eigenvalue weighted by Gasteiger charge is 2.19. The molecule has 3 nitrogen and oxygen atoms in total. The van der Waals surface area contributed by atoms with Crippen LogP contribution in [0.15, 0.2) is 0 Å². The van der Waals surface area contributed by atoms with Crippen LogP contribution in [0, 0.1) is 0 Å². The van der Waals surface area contributed by atoms with Gasteiger partial charge in [-0.1, -0.05) is 0 Å². The lowest BCUT2D eigenvalue weighted by Crippen LogP contribution is -2.55. The second-order valence-electron chi connectivity index (χ2n) is 3.05. The van der Waals surface area contributed by atoms with Crippen LogP contribution in [0.3, 0.4) is 0 Å². The molecule has 1 heterocycles. The van der Waals surface area contributed by atoms with Crippen molar-refractivity contribution in [3.05, 3.63) is 0 Å². The van der Waals surface area contributed by atoms with Crippen molar-refractivity contribution >= 4 is 0 Å². The predicted molar refractivity (Wildman–Crippen MR) is 43.0 cm³/mol. The molecular weight excluding hydrogens is 126 g/mol. The summed E-state index contributed by atoms with van der Waals surface area (Å²) in [6, 6.07) is 0. The quantitative estimate of drug-likeness (QED) is 0.529. The summed E-state index contributed by atoms with van der Waals surface area (Å²) >= 11 is 0. The third-order valence-corrected chi connectivity index (χ3v) is 2.18. The molecule has 0 amide bonds. The van der Waals surface area contributed by atoms with Crippen LogP contribution in [0.25, 0.3) is 0 Å². The standard InChI is InChI=1S/C7H17N3/c1-8-7-6-9(2)4-5-10(7)3/h7-8H,4-6H2,1-3H3. The summed E-state index contributed by atoms with van der Waals surface area (Å²) in [5, 5.41) is 3.27. The molecule has 1 atom stereocenters. The van der Waals surface area contributed by atoms with Crippen molar-refractivity contribution in [2.24, 2.45) is 0 Å². The Balaban J connectivity index is 2.38. The number of piperazine rings is 1. The van der Waals surface area contributed by atoms with Gasteiger partial charge in [0.15, 0.2) is 0 Å². The predicted octanol–water partition coefficient (Wildman–Crippen LogP) is -0.591. The molecular formula is C7H17N3. The maximum Gasteiger partial charge on any atom is 0.0723 e. The van der Waals surface area contributed by atoms with E-state index in [2.05, 4.69) is 29.2 Å². The van der Waals surface area contributed by atoms with Crippen LogP contribution >= 0.6 is 0 Å². The minimum absolute atomic E-state index is 0.541. The van der Waals surface area contributed by atoms with E-state index in [0.717, 1.165) is 6.54 Å². The molecule has 1 rings (SSSR count). The summed E-state index contributed by atoms with van der Waals surface area (Å²) in [5.74, 6) is 0. The van der Waals surface area contributed by atoms with Gasteiger partial charge in [0.25, 0.3) is 0 Å². The number of rotatable bonds is 1. The Bertz CT molecular complexity index is 105. The van der Waals surface area contributed by atoms with Crippen molar-refractivity contribution in [1.82, 2.24) is 15.1 Å². The van der Waals surface area contributed by atoms with Gasteiger partial charge < -0.3 is 10.2 Å². The summed E-state index contributed by atoms with van der Waals surface area (Å²) in [4.78, 5) is 4.70. The molecule has 1 saturated heterocycles. The van der Waals surface area contributed by atoms with Gasteiger partial charge in [-0.2, -0.15) is 0 Å². The fourth-order valence-electron chi connectivity index (χ4n) is 1.32. The van der Waals surface area contributed by atoms with Gasteiger partial charge in [-0.3, -0.25) is 4.90 Å². The van der Waals surface area contributed by atoms with Crippen molar-refractivity contribution in [3.63, 3.8) is 0 Å². The molecule has 3 heteroatoms. The molecule has 0 spiro atoms. The summed E-state index contributed by atoms with van der Waals surface area (Å²) < 4.78 is 0. The second-order valence-corrected chi connectivity index (χ2v) is 3.05. The zero-order valence-corrected chi connectivity index (χ0v) is 7.09. The summed E-state index contributed by atoms with van der Waals surface area (Å²) in [6.45, 7) is 3.49. The first-order valence-corrected chi connectivity index (χ1v) is 3.80. The van der Waals surface area contributed by atoms with Crippen molar-refractivity contribution in [1.29, 1.82) is 0 Å². The number of nitrogens with zero attached hydrogens (tertiary/aromatic N) is 2. The normalized spacial score (nSPS) is 30.9. The van der Waals surface area contributed by atoms with Crippen molar-refractivity contribution in [2.45, 2.75) is 6.17 Å². The van der Waals surface area contributed by atoms with E-state index in [0.29, 0.717) is 6.17 Å². The Hall–Kier alpha value is -0.120. The molecule has 1 fully saturated rings. The van der Waals surface area contributed by atoms with E-state index in [1.807, 2.05) is 7.05 Å². The Kier molecular flexibility index (Phi) is 2.65. The minimum atomic E-state index is 0.541. The maximum absolute atomic E-state index is 3.27. The fraction of sp³-hybridized carbons (Fsp3) is 1.00. The van der Waals surface area contributed by atoms with Gasteiger partial charge in [0, 0.05) is 19.6 Å². The highest BCUT2D eigenvalue weighted by Crippen LogP contribution is 2.01. The molecule has 0 bridgehead atoms. The molecule has 60 valence electrons. The molecule has 1 N–H and O–H groups in total. The van der Waals surface area contributed by atoms with Crippen LogP contribution in [0.5, 0.6) is 0 Å². The highest BCUT2D eigenvalue weighted by atomic mass is 15.3. The average molecular weight is 143 g/mol. The van der Waals surface area contributed by atoms with Crippen LogP contribution < -0.4 is 5.32 Å². The molecule has 1 aliphatic heterocycles. The molecule has 10 heavy (non-hydrogen) atoms. The molecule has 1 unspecified atom stereocenters. The van der Waals surface area contributed by atoms with E-state index in [4.69, 9.17) is 0 Å². The van der Waals surface area contributed by atoms with Gasteiger partial charge in [-0.25, -0.2) is 0 Å². The summed E-state index contributed by atoms with van der Waals surface area (Å²) in [6.07, 6.45) is 0.541. The van der Waals surface area contributed by atoms with Gasteiger partial charge in [0.2, 0.25) is 0 Å². The lowest BCUT2D eigenvalue weighted by Gasteiger charge is -2.37. The van der Waals surface area contributed by atoms with E-state index in [-0.39, 0.29) is 0 Å². The van der Waals surface area contributed by atoms with Gasteiger partial charge >= 0.3 is 0 Å². The van der Waals surface area contributed by atoms with Crippen molar-refractivity contribution in [3.8, 4) is 0 Å². The molecule has 0 aromatic carbocycles. The molecule has 0 saturated carbocycles. The average Bonchev–Trinajstić information content (AvgIpc) is 1.94. The minimum Gasteiger partial charge on any atom is -0.304 e. The Labute approximate surface area is 63.0 Å². The monoisotopic (exact) mass is 143 g/mol. The lowest BCUT2D eigenvalue weighted by molar-refractivity contribution is 0.0981. The third-order valence-electron chi connectivity index (χ3n) is 2.18. The summed E-state index contributed by atoms with van der Waals surface area (Å²) in [7, 11) is 6.34. The first kappa shape index (κ1) is 7.98. The van der Waals surface area contributed by atoms with Crippen LogP contribution in [-0.2, 0) is 0 Å². The van der Waals surface area contributed by atoms with Gasteiger partial charge in [-0.05, 0) is 21.1 Å².